The Morgan fingerprint density at radius 3 is 2.50 bits per heavy atom. The van der Waals surface area contributed by atoms with Crippen molar-refractivity contribution in [2.24, 2.45) is 0 Å². The van der Waals surface area contributed by atoms with Crippen LogP contribution in [0.2, 0.25) is 0 Å². The number of rotatable bonds is 2. The number of aliphatic hydroxyl groups excluding tert-OH is 1. The van der Waals surface area contributed by atoms with Gasteiger partial charge in [-0.3, -0.25) is 15.0 Å². The van der Waals surface area contributed by atoms with E-state index in [1.807, 2.05) is 30.3 Å². The first-order valence-corrected chi connectivity index (χ1v) is 4.28. The van der Waals surface area contributed by atoms with Gasteiger partial charge in [0.2, 0.25) is 0 Å². The van der Waals surface area contributed by atoms with Crippen molar-refractivity contribution in [3.8, 4) is 11.1 Å². The first kappa shape index (κ1) is 8.77. The third-order valence-electron chi connectivity index (χ3n) is 2.08. The van der Waals surface area contributed by atoms with Gasteiger partial charge in [-0.2, -0.15) is 0 Å². The van der Waals surface area contributed by atoms with Crippen LogP contribution in [0.4, 0.5) is 0 Å². The van der Waals surface area contributed by atoms with Gasteiger partial charge in [-0.1, -0.05) is 30.3 Å². The number of hydrogen-bond donors (Lipinski definition) is 3. The summed E-state index contributed by atoms with van der Waals surface area (Å²) in [4.78, 5) is 11.4. The minimum Gasteiger partial charge on any atom is -0.390 e. The molecule has 4 nitrogen and oxygen atoms in total. The summed E-state index contributed by atoms with van der Waals surface area (Å²) >= 11 is 0. The molecule has 0 saturated carbocycles. The number of aromatic nitrogens is 2. The van der Waals surface area contributed by atoms with Crippen LogP contribution in [0.3, 0.4) is 0 Å². The Kier molecular flexibility index (Phi) is 2.20. The van der Waals surface area contributed by atoms with E-state index < -0.39 is 0 Å². The molecule has 0 spiro atoms. The molecule has 0 radical (unpaired) electrons. The Morgan fingerprint density at radius 2 is 1.86 bits per heavy atom. The van der Waals surface area contributed by atoms with Gasteiger partial charge in [0.15, 0.2) is 0 Å². The predicted molar refractivity (Wildman–Crippen MR) is 52.8 cm³/mol. The molecule has 0 bridgehead atoms. The Labute approximate surface area is 80.2 Å². The molecule has 0 aliphatic carbocycles. The van der Waals surface area contributed by atoms with Crippen molar-refractivity contribution in [2.75, 3.05) is 0 Å². The van der Waals surface area contributed by atoms with Gasteiger partial charge >= 0.3 is 0 Å². The lowest BCUT2D eigenvalue weighted by Gasteiger charge is -1.97. The van der Waals surface area contributed by atoms with E-state index in [1.54, 1.807) is 0 Å². The van der Waals surface area contributed by atoms with Crippen LogP contribution in [0.25, 0.3) is 11.1 Å². The van der Waals surface area contributed by atoms with E-state index in [1.165, 1.54) is 0 Å². The van der Waals surface area contributed by atoms with Crippen molar-refractivity contribution in [1.29, 1.82) is 0 Å². The second-order valence-electron chi connectivity index (χ2n) is 2.96. The standard InChI is InChI=1S/C10H10N2O2/c13-6-8-9(10(14)12-11-8)7-4-2-1-3-5-7/h1-5,13H,6H2,(H2,11,12,14). The molecule has 0 saturated heterocycles. The van der Waals surface area contributed by atoms with Crippen molar-refractivity contribution < 1.29 is 5.11 Å². The van der Waals surface area contributed by atoms with Crippen LogP contribution in [0.1, 0.15) is 5.69 Å². The summed E-state index contributed by atoms with van der Waals surface area (Å²) in [5.74, 6) is 0. The number of aromatic amines is 2. The highest BCUT2D eigenvalue weighted by atomic mass is 16.3. The van der Waals surface area contributed by atoms with E-state index in [-0.39, 0.29) is 12.2 Å². The highest BCUT2D eigenvalue weighted by molar-refractivity contribution is 5.64. The lowest BCUT2D eigenvalue weighted by Crippen LogP contribution is -2.02. The minimum atomic E-state index is -0.208. The van der Waals surface area contributed by atoms with Gasteiger partial charge in [0, 0.05) is 0 Å². The molecule has 0 unspecified atom stereocenters. The van der Waals surface area contributed by atoms with Gasteiger partial charge in [0.1, 0.15) is 0 Å². The van der Waals surface area contributed by atoms with Crippen LogP contribution in [-0.4, -0.2) is 15.3 Å². The zero-order valence-corrected chi connectivity index (χ0v) is 7.45. The summed E-state index contributed by atoms with van der Waals surface area (Å²) in [6.07, 6.45) is 0. The molecule has 2 rings (SSSR count). The number of hydrogen-bond acceptors (Lipinski definition) is 2. The van der Waals surface area contributed by atoms with Gasteiger partial charge < -0.3 is 5.11 Å². The van der Waals surface area contributed by atoms with Crippen LogP contribution in [0, 0.1) is 0 Å². The summed E-state index contributed by atoms with van der Waals surface area (Å²) < 4.78 is 0. The number of aliphatic hydroxyl groups is 1. The van der Waals surface area contributed by atoms with E-state index in [9.17, 15) is 4.79 Å². The summed E-state index contributed by atoms with van der Waals surface area (Å²) in [7, 11) is 0. The van der Waals surface area contributed by atoms with Crippen molar-refractivity contribution in [2.45, 2.75) is 6.61 Å². The highest BCUT2D eigenvalue weighted by Crippen LogP contribution is 2.17. The SMILES string of the molecule is O=c1[nH][nH]c(CO)c1-c1ccccc1. The lowest BCUT2D eigenvalue weighted by molar-refractivity contribution is 0.277. The molecular weight excluding hydrogens is 180 g/mol. The number of nitrogens with one attached hydrogen (secondary N) is 2. The average Bonchev–Trinajstić information content (AvgIpc) is 2.61. The van der Waals surface area contributed by atoms with Gasteiger partial charge in [-0.15, -0.1) is 0 Å². The molecule has 3 N–H and O–H groups in total. The van der Waals surface area contributed by atoms with Crippen molar-refractivity contribution in [3.63, 3.8) is 0 Å². The van der Waals surface area contributed by atoms with E-state index in [2.05, 4.69) is 10.2 Å². The summed E-state index contributed by atoms with van der Waals surface area (Å²) in [6, 6.07) is 9.24. The molecular formula is C10H10N2O2. The maximum Gasteiger partial charge on any atom is 0.272 e. The van der Waals surface area contributed by atoms with Crippen LogP contribution >= 0.6 is 0 Å². The Bertz CT molecular complexity index is 470. The molecule has 14 heavy (non-hydrogen) atoms. The van der Waals surface area contributed by atoms with Crippen molar-refractivity contribution in [3.05, 3.63) is 46.4 Å². The smallest absolute Gasteiger partial charge is 0.272 e. The molecule has 4 heteroatoms. The third kappa shape index (κ3) is 1.36. The van der Waals surface area contributed by atoms with E-state index in [4.69, 9.17) is 5.11 Å². The Hall–Kier alpha value is -1.81. The molecule has 72 valence electrons. The van der Waals surface area contributed by atoms with Crippen LogP contribution in [0.15, 0.2) is 35.1 Å². The van der Waals surface area contributed by atoms with Crippen LogP contribution in [0.5, 0.6) is 0 Å². The quantitative estimate of drug-likeness (QED) is 0.657. The lowest BCUT2D eigenvalue weighted by atomic mass is 10.1. The van der Waals surface area contributed by atoms with Crippen LogP contribution in [-0.2, 0) is 6.61 Å². The Balaban J connectivity index is 2.61. The normalized spacial score (nSPS) is 10.4. The topological polar surface area (TPSA) is 68.9 Å². The first-order valence-electron chi connectivity index (χ1n) is 4.28. The summed E-state index contributed by atoms with van der Waals surface area (Å²) in [5, 5.41) is 14.1. The Morgan fingerprint density at radius 1 is 1.14 bits per heavy atom. The fourth-order valence-corrected chi connectivity index (χ4v) is 1.42. The van der Waals surface area contributed by atoms with Gasteiger partial charge in [-0.05, 0) is 5.56 Å². The maximum absolute atomic E-state index is 11.4. The molecule has 1 aromatic carbocycles. The second-order valence-corrected chi connectivity index (χ2v) is 2.96. The minimum absolute atomic E-state index is 0.178. The fourth-order valence-electron chi connectivity index (χ4n) is 1.42. The van der Waals surface area contributed by atoms with E-state index in [0.29, 0.717) is 11.3 Å². The fraction of sp³-hybridized carbons (Fsp3) is 0.100. The van der Waals surface area contributed by atoms with Gasteiger partial charge in [0.05, 0.1) is 17.9 Å². The first-order chi connectivity index (χ1) is 6.83. The molecule has 2 aromatic rings. The summed E-state index contributed by atoms with van der Waals surface area (Å²) in [6.45, 7) is -0.178. The zero-order chi connectivity index (χ0) is 9.97. The third-order valence-corrected chi connectivity index (χ3v) is 2.08. The zero-order valence-electron chi connectivity index (χ0n) is 7.45. The number of H-pyrrole nitrogens is 2. The molecule has 0 aliphatic rings. The predicted octanol–water partition coefficient (Wildman–Crippen LogP) is 0.862. The van der Waals surface area contributed by atoms with Gasteiger partial charge in [0.25, 0.3) is 5.56 Å². The molecule has 0 atom stereocenters. The van der Waals surface area contributed by atoms with Crippen molar-refractivity contribution >= 4 is 0 Å². The average molecular weight is 190 g/mol. The maximum atomic E-state index is 11.4. The highest BCUT2D eigenvalue weighted by Gasteiger charge is 2.09. The molecule has 0 aliphatic heterocycles. The largest absolute Gasteiger partial charge is 0.390 e. The molecule has 0 amide bonds. The molecule has 1 heterocycles. The van der Waals surface area contributed by atoms with Gasteiger partial charge in [-0.25, -0.2) is 0 Å². The molecule has 1 aromatic heterocycles. The second kappa shape index (κ2) is 3.51. The van der Waals surface area contributed by atoms with Crippen molar-refractivity contribution in [1.82, 2.24) is 10.2 Å². The monoisotopic (exact) mass is 190 g/mol. The van der Waals surface area contributed by atoms with E-state index in [0.717, 1.165) is 5.56 Å². The number of benzene rings is 1. The van der Waals surface area contributed by atoms with E-state index >= 15 is 0 Å². The van der Waals surface area contributed by atoms with Crippen LogP contribution < -0.4 is 5.56 Å². The summed E-state index contributed by atoms with van der Waals surface area (Å²) in [5.41, 5.74) is 1.62. The molecule has 0 fully saturated rings.